The minimum absolute atomic E-state index is 0.128. The van der Waals surface area contributed by atoms with E-state index >= 15 is 0 Å². The van der Waals surface area contributed by atoms with Crippen molar-refractivity contribution < 1.29 is 14.3 Å². The Balaban J connectivity index is 1.28. The van der Waals surface area contributed by atoms with Crippen LogP contribution in [0.3, 0.4) is 0 Å². The van der Waals surface area contributed by atoms with Crippen LogP contribution in [0.15, 0.2) is 72.8 Å². The van der Waals surface area contributed by atoms with Gasteiger partial charge in [0.1, 0.15) is 23.9 Å². The van der Waals surface area contributed by atoms with Crippen molar-refractivity contribution in [3.8, 4) is 11.5 Å². The summed E-state index contributed by atoms with van der Waals surface area (Å²) in [5, 5.41) is 0. The first-order chi connectivity index (χ1) is 19.2. The lowest BCUT2D eigenvalue weighted by atomic mass is 9.55. The number of ether oxygens (including phenoxy) is 2. The van der Waals surface area contributed by atoms with Gasteiger partial charge in [-0.05, 0) is 91.9 Å². The summed E-state index contributed by atoms with van der Waals surface area (Å²) < 4.78 is 13.2. The Morgan fingerprint density at radius 1 is 0.846 bits per heavy atom. The molecule has 0 saturated heterocycles. The van der Waals surface area contributed by atoms with E-state index in [1.54, 1.807) is 0 Å². The summed E-state index contributed by atoms with van der Waals surface area (Å²) in [6.45, 7) is 2.72. The molecule has 0 N–H and O–H groups in total. The Labute approximate surface area is 233 Å². The van der Waals surface area contributed by atoms with Gasteiger partial charge in [-0.3, -0.25) is 4.79 Å². The maximum atomic E-state index is 12.7. The molecule has 0 amide bonds. The normalized spacial score (nSPS) is 24.7. The summed E-state index contributed by atoms with van der Waals surface area (Å²) in [5.41, 5.74) is 5.27. The second-order valence-corrected chi connectivity index (χ2v) is 12.1. The van der Waals surface area contributed by atoms with Gasteiger partial charge in [-0.25, -0.2) is 0 Å². The topological polar surface area (TPSA) is 35.5 Å². The van der Waals surface area contributed by atoms with E-state index in [1.165, 1.54) is 42.4 Å². The van der Waals surface area contributed by atoms with Crippen LogP contribution in [0.5, 0.6) is 11.5 Å². The van der Waals surface area contributed by atoms with Crippen molar-refractivity contribution in [2.45, 2.75) is 95.7 Å². The number of rotatable bonds is 9. The maximum Gasteiger partial charge on any atom is 0.133 e. The summed E-state index contributed by atoms with van der Waals surface area (Å²) >= 11 is 0. The largest absolute Gasteiger partial charge is 0.491 e. The minimum Gasteiger partial charge on any atom is -0.491 e. The number of benzene rings is 3. The van der Waals surface area contributed by atoms with Gasteiger partial charge in [-0.1, -0.05) is 73.5 Å². The third-order valence-electron chi connectivity index (χ3n) is 9.50. The first-order valence-corrected chi connectivity index (χ1v) is 15.2. The van der Waals surface area contributed by atoms with E-state index in [0.717, 1.165) is 49.2 Å². The lowest BCUT2D eigenvalue weighted by Gasteiger charge is -2.49. The van der Waals surface area contributed by atoms with Gasteiger partial charge < -0.3 is 9.47 Å². The van der Waals surface area contributed by atoms with E-state index in [0.29, 0.717) is 36.6 Å². The molecule has 0 spiro atoms. The highest BCUT2D eigenvalue weighted by Crippen LogP contribution is 2.59. The summed E-state index contributed by atoms with van der Waals surface area (Å²) in [4.78, 5) is 12.7. The lowest BCUT2D eigenvalue weighted by Crippen LogP contribution is -2.39. The van der Waals surface area contributed by atoms with Gasteiger partial charge in [0, 0.05) is 24.5 Å². The molecule has 0 bridgehead atoms. The average molecular weight is 523 g/mol. The molecule has 0 radical (unpaired) electrons. The molecule has 6 rings (SSSR count). The molecule has 2 fully saturated rings. The Kier molecular flexibility index (Phi) is 8.04. The van der Waals surface area contributed by atoms with E-state index in [4.69, 9.17) is 9.47 Å². The van der Waals surface area contributed by atoms with Crippen LogP contribution in [0, 0.1) is 11.8 Å². The Hall–Kier alpha value is -3.07. The highest BCUT2D eigenvalue weighted by molar-refractivity contribution is 5.81. The first kappa shape index (κ1) is 26.2. The molecule has 0 heterocycles. The van der Waals surface area contributed by atoms with E-state index in [-0.39, 0.29) is 12.0 Å². The molecule has 3 heteroatoms. The van der Waals surface area contributed by atoms with E-state index in [1.807, 2.05) is 6.07 Å². The van der Waals surface area contributed by atoms with Gasteiger partial charge in [0.05, 0.1) is 6.10 Å². The van der Waals surface area contributed by atoms with Crippen molar-refractivity contribution in [3.05, 3.63) is 95.1 Å². The zero-order valence-corrected chi connectivity index (χ0v) is 23.3. The number of hydrogen-bond acceptors (Lipinski definition) is 3. The third kappa shape index (κ3) is 5.93. The molecule has 2 saturated carbocycles. The lowest BCUT2D eigenvalue weighted by molar-refractivity contribution is -0.122. The van der Waals surface area contributed by atoms with Crippen LogP contribution in [0.2, 0.25) is 0 Å². The fourth-order valence-electron chi connectivity index (χ4n) is 7.69. The van der Waals surface area contributed by atoms with E-state index < -0.39 is 0 Å². The Morgan fingerprint density at radius 2 is 1.56 bits per heavy atom. The van der Waals surface area contributed by atoms with Gasteiger partial charge >= 0.3 is 0 Å². The summed E-state index contributed by atoms with van der Waals surface area (Å²) in [6, 6.07) is 25.6. The number of carbonyl (C=O) groups excluding carboxylic acids is 1. The van der Waals surface area contributed by atoms with Gasteiger partial charge in [-0.2, -0.15) is 0 Å². The standard InChI is InChI=1S/C36H42O3/c1-25(11-10-16-26-12-4-2-5-13-26)39-29-22-34-31-18-9-8-17-30(31)32-20-19-28(37)21-33(32)36(34)35(23-29)38-24-27-14-6-3-7-15-27/h2-7,12-15,22-23,25,30-33H,8-11,16-21,24H2,1H3/t25?,30-,31+,32-,33+/m1/s1. The fourth-order valence-corrected chi connectivity index (χ4v) is 7.69. The smallest absolute Gasteiger partial charge is 0.133 e. The van der Waals surface area contributed by atoms with Crippen LogP contribution in [0.4, 0.5) is 0 Å². The highest BCUT2D eigenvalue weighted by Gasteiger charge is 2.47. The number of ketones is 1. The molecule has 5 atom stereocenters. The summed E-state index contributed by atoms with van der Waals surface area (Å²) in [6.07, 6.45) is 10.9. The molecule has 0 aromatic heterocycles. The molecule has 3 aromatic rings. The fraction of sp³-hybridized carbons (Fsp3) is 0.472. The monoisotopic (exact) mass is 522 g/mol. The molecule has 3 nitrogen and oxygen atoms in total. The van der Waals surface area contributed by atoms with Gasteiger partial charge in [-0.15, -0.1) is 0 Å². The van der Waals surface area contributed by atoms with Gasteiger partial charge in [0.2, 0.25) is 0 Å². The molecule has 204 valence electrons. The molecule has 3 aliphatic carbocycles. The predicted octanol–water partition coefficient (Wildman–Crippen LogP) is 8.80. The van der Waals surface area contributed by atoms with Crippen molar-refractivity contribution in [2.24, 2.45) is 11.8 Å². The maximum absolute atomic E-state index is 12.7. The third-order valence-corrected chi connectivity index (χ3v) is 9.50. The van der Waals surface area contributed by atoms with Crippen LogP contribution in [0.25, 0.3) is 0 Å². The molecule has 0 aliphatic heterocycles. The highest BCUT2D eigenvalue weighted by atomic mass is 16.5. The Bertz CT molecular complexity index is 1250. The summed E-state index contributed by atoms with van der Waals surface area (Å²) in [5.74, 6) is 4.40. The molecular weight excluding hydrogens is 480 g/mol. The molecule has 3 aromatic carbocycles. The average Bonchev–Trinajstić information content (AvgIpc) is 2.97. The van der Waals surface area contributed by atoms with Crippen molar-refractivity contribution in [1.82, 2.24) is 0 Å². The number of Topliss-reactive ketones (excluding diaryl/α,β-unsaturated/α-hetero) is 1. The van der Waals surface area contributed by atoms with Gasteiger partial charge in [0.15, 0.2) is 0 Å². The molecular formula is C36H42O3. The van der Waals surface area contributed by atoms with Crippen molar-refractivity contribution in [2.75, 3.05) is 0 Å². The SMILES string of the molecule is CC(CCCc1ccccc1)Oc1cc(OCc2ccccc2)c2c(c1)[C@H]1CCCC[C@H]1[C@H]1CCC(=O)C[C@H]21. The summed E-state index contributed by atoms with van der Waals surface area (Å²) in [7, 11) is 0. The van der Waals surface area contributed by atoms with Crippen molar-refractivity contribution in [3.63, 3.8) is 0 Å². The second-order valence-electron chi connectivity index (χ2n) is 12.1. The van der Waals surface area contributed by atoms with Crippen LogP contribution in [-0.4, -0.2) is 11.9 Å². The van der Waals surface area contributed by atoms with Gasteiger partial charge in [0.25, 0.3) is 0 Å². The van der Waals surface area contributed by atoms with Crippen LogP contribution >= 0.6 is 0 Å². The molecule has 1 unspecified atom stereocenters. The second kappa shape index (κ2) is 12.0. The zero-order chi connectivity index (χ0) is 26.6. The molecule has 3 aliphatic rings. The van der Waals surface area contributed by atoms with Crippen LogP contribution in [0.1, 0.15) is 98.8 Å². The molecule has 39 heavy (non-hydrogen) atoms. The number of fused-ring (bicyclic) bond motifs is 6. The predicted molar refractivity (Wildman–Crippen MR) is 156 cm³/mol. The van der Waals surface area contributed by atoms with Crippen LogP contribution in [-0.2, 0) is 17.8 Å². The number of hydrogen-bond donors (Lipinski definition) is 0. The quantitative estimate of drug-likeness (QED) is 0.282. The minimum atomic E-state index is 0.128. The van der Waals surface area contributed by atoms with Crippen molar-refractivity contribution in [1.29, 1.82) is 0 Å². The number of carbonyl (C=O) groups is 1. The first-order valence-electron chi connectivity index (χ1n) is 15.2. The Morgan fingerprint density at radius 3 is 2.36 bits per heavy atom. The number of aryl methyl sites for hydroxylation is 1. The zero-order valence-electron chi connectivity index (χ0n) is 23.3. The van der Waals surface area contributed by atoms with E-state index in [9.17, 15) is 4.79 Å². The van der Waals surface area contributed by atoms with E-state index in [2.05, 4.69) is 73.7 Å². The van der Waals surface area contributed by atoms with Crippen LogP contribution < -0.4 is 9.47 Å². The van der Waals surface area contributed by atoms with Crippen molar-refractivity contribution >= 4 is 5.78 Å².